The molecule has 1 unspecified atom stereocenters. The minimum atomic E-state index is -1.04. The predicted molar refractivity (Wildman–Crippen MR) is 66.2 cm³/mol. The Bertz CT molecular complexity index is 500. The molecule has 1 atom stereocenters. The second-order valence-corrected chi connectivity index (χ2v) is 4.97. The summed E-state index contributed by atoms with van der Waals surface area (Å²) in [7, 11) is 1.45. The van der Waals surface area contributed by atoms with Crippen LogP contribution in [0.25, 0.3) is 0 Å². The number of ether oxygens (including phenoxy) is 1. The van der Waals surface area contributed by atoms with Crippen LogP contribution in [0.1, 0.15) is 17.0 Å². The summed E-state index contributed by atoms with van der Waals surface area (Å²) in [6.45, 7) is 0.533. The summed E-state index contributed by atoms with van der Waals surface area (Å²) >= 11 is 5.62. The monoisotopic (exact) mass is 287 g/mol. The van der Waals surface area contributed by atoms with Crippen LogP contribution in [0.3, 0.4) is 0 Å². The van der Waals surface area contributed by atoms with Crippen LogP contribution >= 0.6 is 11.6 Å². The lowest BCUT2D eigenvalue weighted by molar-refractivity contribution is -0.151. The Morgan fingerprint density at radius 3 is 2.84 bits per heavy atom. The summed E-state index contributed by atoms with van der Waals surface area (Å²) in [5, 5.41) is 9.44. The number of halogens is 1. The molecular weight excluding hydrogens is 274 g/mol. The van der Waals surface area contributed by atoms with Crippen LogP contribution in [0.15, 0.2) is 16.5 Å². The van der Waals surface area contributed by atoms with E-state index in [0.717, 1.165) is 0 Å². The fourth-order valence-electron chi connectivity index (χ4n) is 2.26. The Morgan fingerprint density at radius 2 is 2.32 bits per heavy atom. The molecule has 1 fully saturated rings. The molecule has 1 aliphatic rings. The van der Waals surface area contributed by atoms with Crippen LogP contribution in [0, 0.1) is 5.41 Å². The van der Waals surface area contributed by atoms with Gasteiger partial charge < -0.3 is 19.2 Å². The number of likely N-dealkylation sites (tertiary alicyclic amines) is 1. The normalized spacial score (nSPS) is 22.7. The molecule has 1 aromatic heterocycles. The second-order valence-electron chi connectivity index (χ2n) is 4.60. The Hall–Kier alpha value is -1.53. The van der Waals surface area contributed by atoms with E-state index in [9.17, 15) is 14.7 Å². The van der Waals surface area contributed by atoms with Crippen molar-refractivity contribution in [2.45, 2.75) is 6.42 Å². The van der Waals surface area contributed by atoms with Crippen molar-refractivity contribution in [2.24, 2.45) is 5.41 Å². The van der Waals surface area contributed by atoms with Gasteiger partial charge in [-0.2, -0.15) is 0 Å². The number of carbonyl (C=O) groups excluding carboxylic acids is 1. The summed E-state index contributed by atoms with van der Waals surface area (Å²) in [5.41, 5.74) is -1.04. The molecule has 0 radical (unpaired) electrons. The first-order valence-corrected chi connectivity index (χ1v) is 6.13. The molecule has 7 heteroatoms. The van der Waals surface area contributed by atoms with Crippen LogP contribution in [-0.2, 0) is 9.53 Å². The smallest absolute Gasteiger partial charge is 0.313 e. The molecule has 0 aliphatic carbocycles. The molecule has 1 aromatic rings. The van der Waals surface area contributed by atoms with Gasteiger partial charge in [-0.15, -0.1) is 0 Å². The number of hydrogen-bond acceptors (Lipinski definition) is 4. The van der Waals surface area contributed by atoms with E-state index in [1.807, 2.05) is 0 Å². The van der Waals surface area contributed by atoms with Gasteiger partial charge in [-0.3, -0.25) is 9.59 Å². The van der Waals surface area contributed by atoms with Crippen LogP contribution < -0.4 is 0 Å². The summed E-state index contributed by atoms with van der Waals surface area (Å²) in [6.07, 6.45) is 0.357. The quantitative estimate of drug-likeness (QED) is 0.907. The van der Waals surface area contributed by atoms with Crippen molar-refractivity contribution in [3.05, 3.63) is 23.1 Å². The number of rotatable bonds is 4. The van der Waals surface area contributed by atoms with Gasteiger partial charge in [0.2, 0.25) is 0 Å². The number of carboxylic acids is 1. The van der Waals surface area contributed by atoms with Crippen molar-refractivity contribution in [1.29, 1.82) is 0 Å². The van der Waals surface area contributed by atoms with Crippen molar-refractivity contribution in [2.75, 3.05) is 26.8 Å². The number of furan rings is 1. The fourth-order valence-corrected chi connectivity index (χ4v) is 2.41. The predicted octanol–water partition coefficient (Wildman–Crippen LogP) is 1.50. The minimum absolute atomic E-state index is 0.0744. The van der Waals surface area contributed by atoms with Gasteiger partial charge in [0.1, 0.15) is 5.41 Å². The van der Waals surface area contributed by atoms with Gasteiger partial charge in [-0.1, -0.05) is 0 Å². The first-order chi connectivity index (χ1) is 8.98. The largest absolute Gasteiger partial charge is 0.481 e. The van der Waals surface area contributed by atoms with Crippen LogP contribution in [0.2, 0.25) is 5.22 Å². The highest BCUT2D eigenvalue weighted by atomic mass is 35.5. The van der Waals surface area contributed by atoms with Gasteiger partial charge in [0.15, 0.2) is 11.0 Å². The highest BCUT2D eigenvalue weighted by Gasteiger charge is 2.46. The Labute approximate surface area is 114 Å². The highest BCUT2D eigenvalue weighted by Crippen LogP contribution is 2.32. The molecule has 0 bridgehead atoms. The van der Waals surface area contributed by atoms with E-state index < -0.39 is 11.4 Å². The molecular formula is C12H14ClNO5. The molecule has 2 heterocycles. The van der Waals surface area contributed by atoms with Crippen molar-refractivity contribution in [1.82, 2.24) is 4.90 Å². The van der Waals surface area contributed by atoms with E-state index in [4.69, 9.17) is 20.8 Å². The van der Waals surface area contributed by atoms with Crippen molar-refractivity contribution >= 4 is 23.5 Å². The number of aliphatic carboxylic acids is 1. The SMILES string of the molecule is COCC1(C(=O)O)CCN(C(=O)c2ccc(Cl)o2)C1. The third kappa shape index (κ3) is 2.59. The van der Waals surface area contributed by atoms with Gasteiger partial charge in [-0.05, 0) is 30.2 Å². The van der Waals surface area contributed by atoms with E-state index >= 15 is 0 Å². The fraction of sp³-hybridized carbons (Fsp3) is 0.500. The molecule has 1 saturated heterocycles. The molecule has 19 heavy (non-hydrogen) atoms. The number of methoxy groups -OCH3 is 1. The molecule has 6 nitrogen and oxygen atoms in total. The molecule has 2 rings (SSSR count). The van der Waals surface area contributed by atoms with Crippen LogP contribution in [0.4, 0.5) is 0 Å². The minimum Gasteiger partial charge on any atom is -0.481 e. The summed E-state index contributed by atoms with van der Waals surface area (Å²) in [6, 6.07) is 2.95. The standard InChI is InChI=1S/C12H14ClNO5/c1-18-7-12(11(16)17)4-5-14(6-12)10(15)8-2-3-9(13)19-8/h2-3H,4-7H2,1H3,(H,16,17). The number of nitrogens with zero attached hydrogens (tertiary/aromatic N) is 1. The number of carbonyl (C=O) groups is 2. The summed E-state index contributed by atoms with van der Waals surface area (Å²) in [4.78, 5) is 24.9. The van der Waals surface area contributed by atoms with Crippen molar-refractivity contribution < 1.29 is 23.8 Å². The van der Waals surface area contributed by atoms with Gasteiger partial charge >= 0.3 is 5.97 Å². The van der Waals surface area contributed by atoms with Gasteiger partial charge in [0.05, 0.1) is 6.61 Å². The molecule has 104 valence electrons. The van der Waals surface area contributed by atoms with Crippen molar-refractivity contribution in [3.63, 3.8) is 0 Å². The second kappa shape index (κ2) is 5.22. The van der Waals surface area contributed by atoms with Crippen LogP contribution in [-0.4, -0.2) is 48.7 Å². The average molecular weight is 288 g/mol. The van der Waals surface area contributed by atoms with Crippen molar-refractivity contribution in [3.8, 4) is 0 Å². The maximum atomic E-state index is 12.1. The van der Waals surface area contributed by atoms with Gasteiger partial charge in [0.25, 0.3) is 5.91 Å². The van der Waals surface area contributed by atoms with Gasteiger partial charge in [0, 0.05) is 20.2 Å². The molecule has 0 saturated carbocycles. The molecule has 1 amide bonds. The lowest BCUT2D eigenvalue weighted by atomic mass is 9.88. The van der Waals surface area contributed by atoms with Crippen LogP contribution in [0.5, 0.6) is 0 Å². The average Bonchev–Trinajstić information content (AvgIpc) is 2.96. The Kier molecular flexibility index (Phi) is 3.82. The highest BCUT2D eigenvalue weighted by molar-refractivity contribution is 6.29. The van der Waals surface area contributed by atoms with Gasteiger partial charge in [-0.25, -0.2) is 0 Å². The summed E-state index contributed by atoms with van der Waals surface area (Å²) < 4.78 is 10.0. The zero-order valence-corrected chi connectivity index (χ0v) is 11.1. The number of amides is 1. The van der Waals surface area contributed by atoms with E-state index in [0.29, 0.717) is 13.0 Å². The zero-order chi connectivity index (χ0) is 14.0. The lowest BCUT2D eigenvalue weighted by Crippen LogP contribution is -2.40. The Balaban J connectivity index is 2.13. The molecule has 1 N–H and O–H groups in total. The first kappa shape index (κ1) is 13.9. The lowest BCUT2D eigenvalue weighted by Gasteiger charge is -2.23. The Morgan fingerprint density at radius 1 is 1.58 bits per heavy atom. The third-order valence-electron chi connectivity index (χ3n) is 3.30. The number of carboxylic acid groups (broad SMARTS) is 1. The first-order valence-electron chi connectivity index (χ1n) is 5.75. The zero-order valence-electron chi connectivity index (χ0n) is 10.4. The molecule has 1 aliphatic heterocycles. The molecule has 0 aromatic carbocycles. The maximum absolute atomic E-state index is 12.1. The van der Waals surface area contributed by atoms with E-state index in [1.54, 1.807) is 0 Å². The summed E-state index contributed by atoms with van der Waals surface area (Å²) in [5.74, 6) is -1.20. The molecule has 0 spiro atoms. The van der Waals surface area contributed by atoms with E-state index in [2.05, 4.69) is 0 Å². The number of hydrogen-bond donors (Lipinski definition) is 1. The maximum Gasteiger partial charge on any atom is 0.313 e. The van der Waals surface area contributed by atoms with E-state index in [1.165, 1.54) is 24.1 Å². The van der Waals surface area contributed by atoms with E-state index in [-0.39, 0.29) is 30.0 Å². The topological polar surface area (TPSA) is 80.0 Å². The third-order valence-corrected chi connectivity index (χ3v) is 3.50.